The van der Waals surface area contributed by atoms with Crippen molar-refractivity contribution in [2.45, 2.75) is 20.8 Å². The maximum Gasteiger partial charge on any atom is 0.199 e. The molecule has 0 amide bonds. The van der Waals surface area contributed by atoms with Crippen molar-refractivity contribution in [1.82, 2.24) is 9.38 Å². The highest BCUT2D eigenvalue weighted by molar-refractivity contribution is 5.39. The van der Waals surface area contributed by atoms with Crippen LogP contribution in [0.3, 0.4) is 0 Å². The SMILES string of the molecule is CC.Cc1cn2c(F)cccc2n1. The Morgan fingerprint density at radius 3 is 2.62 bits per heavy atom. The summed E-state index contributed by atoms with van der Waals surface area (Å²) in [4.78, 5) is 4.10. The molecule has 0 N–H and O–H groups in total. The van der Waals surface area contributed by atoms with E-state index >= 15 is 0 Å². The zero-order valence-corrected chi connectivity index (χ0v) is 8.08. The largest absolute Gasteiger partial charge is 0.276 e. The molecule has 0 fully saturated rings. The second-order valence-corrected chi connectivity index (χ2v) is 2.46. The van der Waals surface area contributed by atoms with E-state index in [1.54, 1.807) is 18.3 Å². The summed E-state index contributed by atoms with van der Waals surface area (Å²) in [6.07, 6.45) is 1.67. The lowest BCUT2D eigenvalue weighted by Crippen LogP contribution is -1.88. The second-order valence-electron chi connectivity index (χ2n) is 2.46. The number of aryl methyl sites for hydroxylation is 1. The van der Waals surface area contributed by atoms with Gasteiger partial charge in [-0.15, -0.1) is 0 Å². The van der Waals surface area contributed by atoms with E-state index in [9.17, 15) is 4.39 Å². The van der Waals surface area contributed by atoms with Crippen LogP contribution in [0.4, 0.5) is 4.39 Å². The molecule has 70 valence electrons. The molecule has 0 aromatic carbocycles. The zero-order valence-electron chi connectivity index (χ0n) is 8.08. The molecule has 0 saturated heterocycles. The van der Waals surface area contributed by atoms with Gasteiger partial charge in [0.15, 0.2) is 5.95 Å². The van der Waals surface area contributed by atoms with Crippen LogP contribution < -0.4 is 0 Å². The van der Waals surface area contributed by atoms with Crippen LogP contribution >= 0.6 is 0 Å². The monoisotopic (exact) mass is 180 g/mol. The first-order valence-corrected chi connectivity index (χ1v) is 4.37. The van der Waals surface area contributed by atoms with Gasteiger partial charge in [-0.25, -0.2) is 4.98 Å². The van der Waals surface area contributed by atoms with Gasteiger partial charge in [0.2, 0.25) is 0 Å². The summed E-state index contributed by atoms with van der Waals surface area (Å²) in [6.45, 7) is 5.84. The average Bonchev–Trinajstić information content (AvgIpc) is 2.51. The van der Waals surface area contributed by atoms with Gasteiger partial charge < -0.3 is 0 Å². The molecule has 2 heterocycles. The molecular weight excluding hydrogens is 167 g/mol. The van der Waals surface area contributed by atoms with Crippen LogP contribution in [0.15, 0.2) is 24.4 Å². The number of pyridine rings is 1. The predicted molar refractivity (Wildman–Crippen MR) is 51.2 cm³/mol. The Kier molecular flexibility index (Phi) is 3.01. The quantitative estimate of drug-likeness (QED) is 0.570. The Labute approximate surface area is 77.0 Å². The number of hydrogen-bond acceptors (Lipinski definition) is 1. The first-order chi connectivity index (χ1) is 6.27. The van der Waals surface area contributed by atoms with Crippen LogP contribution in [0.2, 0.25) is 0 Å². The van der Waals surface area contributed by atoms with E-state index in [1.165, 1.54) is 10.5 Å². The highest BCUT2D eigenvalue weighted by Gasteiger charge is 1.99. The van der Waals surface area contributed by atoms with Gasteiger partial charge in [0.1, 0.15) is 5.65 Å². The Balaban J connectivity index is 0.000000396. The van der Waals surface area contributed by atoms with Gasteiger partial charge in [-0.1, -0.05) is 19.9 Å². The molecule has 2 nitrogen and oxygen atoms in total. The molecular formula is C10H13FN2. The van der Waals surface area contributed by atoms with E-state index in [2.05, 4.69) is 4.98 Å². The second kappa shape index (κ2) is 4.03. The molecule has 0 radical (unpaired) electrons. The standard InChI is InChI=1S/C8H7FN2.C2H6/c1-6-5-11-7(9)3-2-4-8(11)10-6;1-2/h2-5H,1H3;1-2H3. The molecule has 2 rings (SSSR count). The van der Waals surface area contributed by atoms with Crippen LogP contribution in [0, 0.1) is 12.9 Å². The third kappa shape index (κ3) is 1.86. The van der Waals surface area contributed by atoms with Gasteiger partial charge >= 0.3 is 0 Å². The van der Waals surface area contributed by atoms with Crippen LogP contribution in [0.25, 0.3) is 5.65 Å². The first-order valence-electron chi connectivity index (χ1n) is 4.37. The molecule has 0 unspecified atom stereocenters. The van der Waals surface area contributed by atoms with E-state index in [4.69, 9.17) is 0 Å². The van der Waals surface area contributed by atoms with Crippen LogP contribution in [0.5, 0.6) is 0 Å². The molecule has 0 atom stereocenters. The number of halogens is 1. The third-order valence-corrected chi connectivity index (χ3v) is 1.56. The molecule has 3 heteroatoms. The van der Waals surface area contributed by atoms with Crippen LogP contribution in [0.1, 0.15) is 19.5 Å². The minimum atomic E-state index is -0.275. The number of aromatic nitrogens is 2. The summed E-state index contributed by atoms with van der Waals surface area (Å²) < 4.78 is 14.3. The minimum Gasteiger partial charge on any atom is -0.276 e. The summed E-state index contributed by atoms with van der Waals surface area (Å²) in [6, 6.07) is 4.83. The summed E-state index contributed by atoms with van der Waals surface area (Å²) >= 11 is 0. The van der Waals surface area contributed by atoms with Crippen molar-refractivity contribution in [2.24, 2.45) is 0 Å². The van der Waals surface area contributed by atoms with Gasteiger partial charge in [0.25, 0.3) is 0 Å². The van der Waals surface area contributed by atoms with E-state index in [1.807, 2.05) is 20.8 Å². The number of rotatable bonds is 0. The van der Waals surface area contributed by atoms with Crippen molar-refractivity contribution in [3.8, 4) is 0 Å². The number of hydrogen-bond donors (Lipinski definition) is 0. The number of fused-ring (bicyclic) bond motifs is 1. The molecule has 2 aromatic rings. The molecule has 0 aliphatic heterocycles. The minimum absolute atomic E-state index is 0.275. The molecule has 0 saturated carbocycles. The fraction of sp³-hybridized carbons (Fsp3) is 0.300. The summed E-state index contributed by atoms with van der Waals surface area (Å²) in [5.74, 6) is -0.275. The highest BCUT2D eigenvalue weighted by Crippen LogP contribution is 2.06. The number of imidazole rings is 1. The highest BCUT2D eigenvalue weighted by atomic mass is 19.1. The van der Waals surface area contributed by atoms with Crippen molar-refractivity contribution in [1.29, 1.82) is 0 Å². The summed E-state index contributed by atoms with van der Waals surface area (Å²) in [5, 5.41) is 0. The maximum atomic E-state index is 12.9. The zero-order chi connectivity index (χ0) is 9.84. The predicted octanol–water partition coefficient (Wildman–Crippen LogP) is 2.81. The average molecular weight is 180 g/mol. The smallest absolute Gasteiger partial charge is 0.199 e. The van der Waals surface area contributed by atoms with Crippen molar-refractivity contribution < 1.29 is 4.39 Å². The molecule has 0 spiro atoms. The lowest BCUT2D eigenvalue weighted by molar-refractivity contribution is 0.567. The third-order valence-electron chi connectivity index (χ3n) is 1.56. The summed E-state index contributed by atoms with van der Waals surface area (Å²) in [7, 11) is 0. The van der Waals surface area contributed by atoms with Crippen molar-refractivity contribution in [3.63, 3.8) is 0 Å². The van der Waals surface area contributed by atoms with Gasteiger partial charge in [0.05, 0.1) is 5.69 Å². The lowest BCUT2D eigenvalue weighted by atomic mass is 10.5. The van der Waals surface area contributed by atoms with E-state index in [0.29, 0.717) is 5.65 Å². The Morgan fingerprint density at radius 1 is 1.31 bits per heavy atom. The van der Waals surface area contributed by atoms with Gasteiger partial charge in [-0.3, -0.25) is 4.40 Å². The lowest BCUT2D eigenvalue weighted by Gasteiger charge is -1.91. The normalized spacial score (nSPS) is 9.54. The van der Waals surface area contributed by atoms with E-state index in [-0.39, 0.29) is 5.95 Å². The van der Waals surface area contributed by atoms with Crippen LogP contribution in [-0.2, 0) is 0 Å². The maximum absolute atomic E-state index is 12.9. The molecule has 13 heavy (non-hydrogen) atoms. The Hall–Kier alpha value is -1.38. The molecule has 2 aromatic heterocycles. The fourth-order valence-electron chi connectivity index (χ4n) is 1.10. The van der Waals surface area contributed by atoms with Crippen molar-refractivity contribution in [3.05, 3.63) is 36.0 Å². The molecule has 0 aliphatic carbocycles. The van der Waals surface area contributed by atoms with Crippen molar-refractivity contribution in [2.75, 3.05) is 0 Å². The Morgan fingerprint density at radius 2 is 2.00 bits per heavy atom. The van der Waals surface area contributed by atoms with Crippen molar-refractivity contribution >= 4 is 5.65 Å². The fourth-order valence-corrected chi connectivity index (χ4v) is 1.10. The number of nitrogens with zero attached hydrogens (tertiary/aromatic N) is 2. The first kappa shape index (κ1) is 9.71. The Bertz CT molecular complexity index is 393. The topological polar surface area (TPSA) is 17.3 Å². The van der Waals surface area contributed by atoms with E-state index in [0.717, 1.165) is 5.69 Å². The summed E-state index contributed by atoms with van der Waals surface area (Å²) in [5.41, 5.74) is 1.48. The molecule has 0 bridgehead atoms. The van der Waals surface area contributed by atoms with Gasteiger partial charge in [0, 0.05) is 6.20 Å². The van der Waals surface area contributed by atoms with Gasteiger partial charge in [-0.2, -0.15) is 4.39 Å². The van der Waals surface area contributed by atoms with Gasteiger partial charge in [-0.05, 0) is 19.1 Å². The van der Waals surface area contributed by atoms with E-state index < -0.39 is 0 Å². The molecule has 0 aliphatic rings. The van der Waals surface area contributed by atoms with Crippen LogP contribution in [-0.4, -0.2) is 9.38 Å².